The number of anilines is 2. The Morgan fingerprint density at radius 2 is 1.24 bits per heavy atom. The minimum atomic E-state index is -0.111. The van der Waals surface area contributed by atoms with Crippen molar-refractivity contribution in [2.45, 2.75) is 13.0 Å². The third-order valence-electron chi connectivity index (χ3n) is 10.0. The van der Waals surface area contributed by atoms with Crippen LogP contribution in [0.4, 0.5) is 11.4 Å². The van der Waals surface area contributed by atoms with Gasteiger partial charge in [-0.05, 0) is 67.6 Å². The van der Waals surface area contributed by atoms with Crippen LogP contribution in [0.3, 0.4) is 0 Å². The molecule has 0 amide bonds. The second-order valence-electron chi connectivity index (χ2n) is 13.7. The van der Waals surface area contributed by atoms with Crippen molar-refractivity contribution in [3.05, 3.63) is 106 Å². The molecule has 0 bridgehead atoms. The summed E-state index contributed by atoms with van der Waals surface area (Å²) in [7, 11) is 3.18. The molecule has 0 spiro atoms. The number of benzene rings is 2. The zero-order chi connectivity index (χ0) is 37.9. The van der Waals surface area contributed by atoms with Crippen molar-refractivity contribution in [2.24, 2.45) is 0 Å². The molecular weight excluding hydrogens is 701 g/mol. The molecule has 2 aromatic carbocycles. The molecule has 14 heteroatoms. The standard InChI is InChI=1S/C21H24N4O3.C20H20N4O3/c1-14-12-24(9-8-22-14)16-5-7-20-23-17(11-21(26)25(20)13-16)15-4-6-18(27-2)19(10-15)28-3;25-20-12-16(14-1-3-17-18(11-14)27-10-9-26-17)22-19-4-2-15(13-24(19)20)23-7-5-21-6-8-23/h4-7,10-11,13-14,22H,8-9,12H2,1-3H3;1-4,11-13,21H,5-10H2/t14-;/m0./s1. The Labute approximate surface area is 317 Å². The number of rotatable bonds is 6. The van der Waals surface area contributed by atoms with E-state index in [4.69, 9.17) is 18.9 Å². The maximum absolute atomic E-state index is 12.8. The molecule has 9 rings (SSSR count). The highest BCUT2D eigenvalue weighted by Gasteiger charge is 2.18. The predicted molar refractivity (Wildman–Crippen MR) is 213 cm³/mol. The Morgan fingerprint density at radius 1 is 0.655 bits per heavy atom. The smallest absolute Gasteiger partial charge is 0.258 e. The fourth-order valence-corrected chi connectivity index (χ4v) is 7.14. The molecule has 3 aliphatic rings. The van der Waals surface area contributed by atoms with Gasteiger partial charge in [0.1, 0.15) is 24.5 Å². The number of nitrogens with zero attached hydrogens (tertiary/aromatic N) is 6. The number of methoxy groups -OCH3 is 2. The van der Waals surface area contributed by atoms with Gasteiger partial charge in [-0.15, -0.1) is 0 Å². The SMILES string of the molecule is COc1ccc(-c2cc(=O)n3cc(N4CCN[C@@H](C)C4)ccc3n2)cc1OC.O=c1cc(-c2ccc3c(c2)OCCO3)nc2ccc(N3CCNCC3)cn12. The fraction of sp³-hybridized carbons (Fsp3) is 0.317. The largest absolute Gasteiger partial charge is 0.493 e. The van der Waals surface area contributed by atoms with Gasteiger partial charge in [0.15, 0.2) is 23.0 Å². The normalized spacial score (nSPS) is 16.7. The van der Waals surface area contributed by atoms with Crippen molar-refractivity contribution in [3.8, 4) is 45.5 Å². The van der Waals surface area contributed by atoms with E-state index in [1.54, 1.807) is 35.2 Å². The summed E-state index contributed by atoms with van der Waals surface area (Å²) in [4.78, 5) is 39.4. The van der Waals surface area contributed by atoms with Gasteiger partial charge in [0, 0.05) is 87.5 Å². The fourth-order valence-electron chi connectivity index (χ4n) is 7.14. The van der Waals surface area contributed by atoms with Crippen LogP contribution in [0, 0.1) is 0 Å². The summed E-state index contributed by atoms with van der Waals surface area (Å²) in [5.41, 5.74) is 5.99. The summed E-state index contributed by atoms with van der Waals surface area (Å²) < 4.78 is 25.1. The van der Waals surface area contributed by atoms with E-state index in [1.165, 1.54) is 0 Å². The van der Waals surface area contributed by atoms with Crippen molar-refractivity contribution in [3.63, 3.8) is 0 Å². The van der Waals surface area contributed by atoms with Crippen LogP contribution in [-0.2, 0) is 0 Å². The molecule has 0 saturated carbocycles. The van der Waals surface area contributed by atoms with E-state index in [1.807, 2.05) is 73.1 Å². The van der Waals surface area contributed by atoms with Crippen LogP contribution < -0.4 is 50.5 Å². The van der Waals surface area contributed by atoms with Crippen LogP contribution in [0.5, 0.6) is 23.0 Å². The highest BCUT2D eigenvalue weighted by atomic mass is 16.6. The molecule has 55 heavy (non-hydrogen) atoms. The summed E-state index contributed by atoms with van der Waals surface area (Å²) in [6.07, 6.45) is 3.75. The van der Waals surface area contributed by atoms with Crippen LogP contribution in [0.15, 0.2) is 94.8 Å². The van der Waals surface area contributed by atoms with Gasteiger partial charge in [-0.2, -0.15) is 0 Å². The van der Waals surface area contributed by atoms with Gasteiger partial charge in [0.05, 0.1) is 37.0 Å². The third kappa shape index (κ3) is 7.64. The van der Waals surface area contributed by atoms with Crippen LogP contribution in [0.1, 0.15) is 6.92 Å². The lowest BCUT2D eigenvalue weighted by Gasteiger charge is -2.33. The Hall–Kier alpha value is -6.12. The van der Waals surface area contributed by atoms with Crippen LogP contribution in [0.2, 0.25) is 0 Å². The molecule has 14 nitrogen and oxygen atoms in total. The topological polar surface area (TPSA) is 136 Å². The van der Waals surface area contributed by atoms with Gasteiger partial charge in [-0.3, -0.25) is 18.4 Å². The molecule has 0 unspecified atom stereocenters. The maximum atomic E-state index is 12.8. The maximum Gasteiger partial charge on any atom is 0.258 e. The zero-order valence-electron chi connectivity index (χ0n) is 31.2. The quantitative estimate of drug-likeness (QED) is 0.257. The molecule has 2 N–H and O–H groups in total. The second kappa shape index (κ2) is 15.7. The number of fused-ring (bicyclic) bond motifs is 3. The summed E-state index contributed by atoms with van der Waals surface area (Å²) >= 11 is 0. The second-order valence-corrected chi connectivity index (χ2v) is 13.7. The van der Waals surface area contributed by atoms with Crippen LogP contribution in [0.25, 0.3) is 33.8 Å². The zero-order valence-corrected chi connectivity index (χ0v) is 31.2. The van der Waals surface area contributed by atoms with E-state index in [-0.39, 0.29) is 11.1 Å². The van der Waals surface area contributed by atoms with Gasteiger partial charge in [0.2, 0.25) is 0 Å². The Bertz CT molecular complexity index is 2460. The summed E-state index contributed by atoms with van der Waals surface area (Å²) in [5.74, 6) is 2.65. The lowest BCUT2D eigenvalue weighted by molar-refractivity contribution is 0.171. The minimum Gasteiger partial charge on any atom is -0.493 e. The predicted octanol–water partition coefficient (Wildman–Crippen LogP) is 3.72. The Kier molecular flexibility index (Phi) is 10.2. The summed E-state index contributed by atoms with van der Waals surface area (Å²) in [5, 5.41) is 6.77. The summed E-state index contributed by atoms with van der Waals surface area (Å²) in [6.45, 7) is 9.78. The molecule has 0 aliphatic carbocycles. The lowest BCUT2D eigenvalue weighted by atomic mass is 10.1. The first-order valence-electron chi connectivity index (χ1n) is 18.5. The molecule has 2 fully saturated rings. The molecule has 3 aliphatic heterocycles. The van der Waals surface area contributed by atoms with E-state index in [0.29, 0.717) is 59.2 Å². The van der Waals surface area contributed by atoms with Gasteiger partial charge in [-0.1, -0.05) is 0 Å². The molecule has 284 valence electrons. The molecule has 7 heterocycles. The van der Waals surface area contributed by atoms with E-state index in [2.05, 4.69) is 37.3 Å². The number of aromatic nitrogens is 4. The van der Waals surface area contributed by atoms with Gasteiger partial charge < -0.3 is 39.4 Å². The number of hydrogen-bond acceptors (Lipinski definition) is 12. The van der Waals surface area contributed by atoms with Gasteiger partial charge in [-0.25, -0.2) is 9.97 Å². The first kappa shape index (κ1) is 35.9. The Morgan fingerprint density at radius 3 is 1.87 bits per heavy atom. The highest BCUT2D eigenvalue weighted by molar-refractivity contribution is 5.67. The van der Waals surface area contributed by atoms with E-state index >= 15 is 0 Å². The number of piperazine rings is 2. The van der Waals surface area contributed by atoms with Crippen molar-refractivity contribution in [1.82, 2.24) is 29.4 Å². The number of hydrogen-bond donors (Lipinski definition) is 2. The van der Waals surface area contributed by atoms with Crippen molar-refractivity contribution >= 4 is 22.7 Å². The molecule has 1 atom stereocenters. The summed E-state index contributed by atoms with van der Waals surface area (Å²) in [6, 6.07) is 22.6. The minimum absolute atomic E-state index is 0.0955. The first-order valence-corrected chi connectivity index (χ1v) is 18.5. The van der Waals surface area contributed by atoms with E-state index in [9.17, 15) is 9.59 Å². The Balaban J connectivity index is 0.000000155. The molecule has 4 aromatic heterocycles. The molecule has 0 radical (unpaired) electrons. The lowest BCUT2D eigenvalue weighted by Crippen LogP contribution is -2.49. The van der Waals surface area contributed by atoms with Gasteiger partial charge in [0.25, 0.3) is 11.1 Å². The number of nitrogens with one attached hydrogen (secondary N) is 2. The van der Waals surface area contributed by atoms with Crippen molar-refractivity contribution in [2.75, 3.05) is 83.0 Å². The first-order chi connectivity index (χ1) is 26.9. The number of ether oxygens (including phenoxy) is 4. The van der Waals surface area contributed by atoms with E-state index in [0.717, 1.165) is 74.1 Å². The molecule has 2 saturated heterocycles. The van der Waals surface area contributed by atoms with Crippen molar-refractivity contribution < 1.29 is 18.9 Å². The van der Waals surface area contributed by atoms with Crippen LogP contribution in [-0.4, -0.2) is 98.1 Å². The highest BCUT2D eigenvalue weighted by Crippen LogP contribution is 2.34. The monoisotopic (exact) mass is 744 g/mol. The van der Waals surface area contributed by atoms with Gasteiger partial charge >= 0.3 is 0 Å². The molecular formula is C41H44N8O6. The molecule has 6 aromatic rings. The van der Waals surface area contributed by atoms with Crippen molar-refractivity contribution in [1.29, 1.82) is 0 Å². The third-order valence-corrected chi connectivity index (χ3v) is 10.0. The average molecular weight is 745 g/mol. The van der Waals surface area contributed by atoms with E-state index < -0.39 is 0 Å². The number of pyridine rings is 2. The average Bonchev–Trinajstić information content (AvgIpc) is 3.23. The van der Waals surface area contributed by atoms with Crippen LogP contribution >= 0.6 is 0 Å².